The van der Waals surface area contributed by atoms with Gasteiger partial charge in [0.05, 0.1) is 13.7 Å². The lowest BCUT2D eigenvalue weighted by molar-refractivity contribution is 0.0561. The number of furan rings is 1. The number of methoxy groups -OCH3 is 1. The van der Waals surface area contributed by atoms with Crippen molar-refractivity contribution >= 4 is 18.4 Å². The standard InChI is InChI=1S/C18H22N2O3.ClH/c1-22-18(21)17-8-7-15(23-17)11-20-10-14(9-19)16(12-20)13-5-3-2-4-6-13;/h2-8,14,16H,9-12,19H2,1H3;1H/t14-,16+;/m1./s1. The van der Waals surface area contributed by atoms with Gasteiger partial charge in [-0.25, -0.2) is 4.79 Å². The van der Waals surface area contributed by atoms with Gasteiger partial charge in [-0.15, -0.1) is 12.4 Å². The first-order valence-electron chi connectivity index (χ1n) is 7.85. The Morgan fingerprint density at radius 2 is 2.00 bits per heavy atom. The number of carbonyl (C=O) groups is 1. The minimum atomic E-state index is -0.445. The molecule has 24 heavy (non-hydrogen) atoms. The number of carbonyl (C=O) groups excluding carboxylic acids is 1. The van der Waals surface area contributed by atoms with E-state index < -0.39 is 5.97 Å². The zero-order chi connectivity index (χ0) is 16.2. The lowest BCUT2D eigenvalue weighted by atomic mass is 9.89. The number of ether oxygens (including phenoxy) is 1. The van der Waals surface area contributed by atoms with Crippen LogP contribution in [0, 0.1) is 5.92 Å². The summed E-state index contributed by atoms with van der Waals surface area (Å²) < 4.78 is 10.2. The normalized spacial score (nSPS) is 20.6. The van der Waals surface area contributed by atoms with Gasteiger partial charge < -0.3 is 14.9 Å². The minimum Gasteiger partial charge on any atom is -0.463 e. The van der Waals surface area contributed by atoms with Gasteiger partial charge in [0.15, 0.2) is 0 Å². The lowest BCUT2D eigenvalue weighted by Crippen LogP contribution is -2.23. The Kier molecular flexibility index (Phi) is 6.43. The highest BCUT2D eigenvalue weighted by atomic mass is 35.5. The molecule has 0 amide bonds. The fraction of sp³-hybridized carbons (Fsp3) is 0.389. The van der Waals surface area contributed by atoms with Gasteiger partial charge in [0.1, 0.15) is 5.76 Å². The highest BCUT2D eigenvalue weighted by Gasteiger charge is 2.33. The zero-order valence-electron chi connectivity index (χ0n) is 13.7. The molecule has 6 heteroatoms. The number of benzene rings is 1. The predicted octanol–water partition coefficient (Wildman–Crippen LogP) is 2.66. The number of halogens is 1. The number of hydrogen-bond acceptors (Lipinski definition) is 5. The molecule has 0 spiro atoms. The molecule has 2 atom stereocenters. The molecule has 1 fully saturated rings. The Morgan fingerprint density at radius 3 is 2.67 bits per heavy atom. The molecule has 1 saturated heterocycles. The number of hydrogen-bond donors (Lipinski definition) is 1. The van der Waals surface area contributed by atoms with Crippen molar-refractivity contribution in [2.75, 3.05) is 26.7 Å². The molecule has 5 nitrogen and oxygen atoms in total. The largest absolute Gasteiger partial charge is 0.463 e. The summed E-state index contributed by atoms with van der Waals surface area (Å²) in [5.74, 6) is 1.45. The van der Waals surface area contributed by atoms with Crippen LogP contribution in [-0.2, 0) is 11.3 Å². The Morgan fingerprint density at radius 1 is 1.25 bits per heavy atom. The second-order valence-corrected chi connectivity index (χ2v) is 5.96. The molecular weight excluding hydrogens is 328 g/mol. The summed E-state index contributed by atoms with van der Waals surface area (Å²) in [5.41, 5.74) is 7.30. The average molecular weight is 351 g/mol. The Labute approximate surface area is 148 Å². The molecule has 1 aliphatic heterocycles. The Balaban J connectivity index is 0.00000208. The maximum atomic E-state index is 11.5. The zero-order valence-corrected chi connectivity index (χ0v) is 14.5. The first-order valence-corrected chi connectivity index (χ1v) is 7.85. The third-order valence-corrected chi connectivity index (χ3v) is 4.47. The summed E-state index contributed by atoms with van der Waals surface area (Å²) in [6.45, 7) is 3.23. The monoisotopic (exact) mass is 350 g/mol. The summed E-state index contributed by atoms with van der Waals surface area (Å²) in [6.07, 6.45) is 0. The second kappa shape index (κ2) is 8.33. The van der Waals surface area contributed by atoms with Gasteiger partial charge in [-0.05, 0) is 30.2 Å². The molecule has 2 N–H and O–H groups in total. The van der Waals surface area contributed by atoms with Crippen molar-refractivity contribution in [3.05, 3.63) is 59.5 Å². The topological polar surface area (TPSA) is 68.7 Å². The van der Waals surface area contributed by atoms with Gasteiger partial charge in [0, 0.05) is 19.0 Å². The van der Waals surface area contributed by atoms with Gasteiger partial charge in [-0.3, -0.25) is 4.90 Å². The first-order chi connectivity index (χ1) is 11.2. The van der Waals surface area contributed by atoms with Crippen molar-refractivity contribution in [2.24, 2.45) is 11.7 Å². The summed E-state index contributed by atoms with van der Waals surface area (Å²) in [7, 11) is 1.35. The molecule has 1 aromatic carbocycles. The number of nitrogens with zero attached hydrogens (tertiary/aromatic N) is 1. The van der Waals surface area contributed by atoms with E-state index in [4.69, 9.17) is 10.2 Å². The summed E-state index contributed by atoms with van der Waals surface area (Å²) in [5, 5.41) is 0. The molecule has 0 aliphatic carbocycles. The van der Waals surface area contributed by atoms with Gasteiger partial charge in [-0.2, -0.15) is 0 Å². The molecular formula is C18H23ClN2O3. The van der Waals surface area contributed by atoms with E-state index in [1.807, 2.05) is 12.1 Å². The van der Waals surface area contributed by atoms with E-state index in [9.17, 15) is 4.79 Å². The van der Waals surface area contributed by atoms with Crippen LogP contribution in [0.25, 0.3) is 0 Å². The van der Waals surface area contributed by atoms with Gasteiger partial charge in [-0.1, -0.05) is 30.3 Å². The van der Waals surface area contributed by atoms with Crippen LogP contribution < -0.4 is 5.73 Å². The predicted molar refractivity (Wildman–Crippen MR) is 94.3 cm³/mol. The van der Waals surface area contributed by atoms with Crippen LogP contribution in [0.4, 0.5) is 0 Å². The highest BCUT2D eigenvalue weighted by Crippen LogP contribution is 2.32. The molecule has 3 rings (SSSR count). The lowest BCUT2D eigenvalue weighted by Gasteiger charge is -2.16. The fourth-order valence-electron chi connectivity index (χ4n) is 3.30. The third-order valence-electron chi connectivity index (χ3n) is 4.47. The van der Waals surface area contributed by atoms with Gasteiger partial charge >= 0.3 is 5.97 Å². The van der Waals surface area contributed by atoms with Crippen LogP contribution in [0.3, 0.4) is 0 Å². The highest BCUT2D eigenvalue weighted by molar-refractivity contribution is 5.86. The van der Waals surface area contributed by atoms with Crippen molar-refractivity contribution in [3.8, 4) is 0 Å². The van der Waals surface area contributed by atoms with E-state index >= 15 is 0 Å². The first kappa shape index (κ1) is 18.5. The van der Waals surface area contributed by atoms with Crippen LogP contribution in [0.15, 0.2) is 46.9 Å². The van der Waals surface area contributed by atoms with Crippen molar-refractivity contribution in [2.45, 2.75) is 12.5 Å². The molecule has 2 aromatic rings. The van der Waals surface area contributed by atoms with Crippen LogP contribution >= 0.6 is 12.4 Å². The molecule has 0 saturated carbocycles. The number of esters is 1. The molecule has 1 aromatic heterocycles. The van der Waals surface area contributed by atoms with E-state index in [-0.39, 0.29) is 18.2 Å². The van der Waals surface area contributed by atoms with Crippen LogP contribution in [-0.4, -0.2) is 37.6 Å². The molecule has 130 valence electrons. The molecule has 0 radical (unpaired) electrons. The van der Waals surface area contributed by atoms with E-state index in [2.05, 4.69) is 33.9 Å². The summed E-state index contributed by atoms with van der Waals surface area (Å²) in [6, 6.07) is 14.0. The van der Waals surface area contributed by atoms with E-state index in [1.54, 1.807) is 6.07 Å². The fourth-order valence-corrected chi connectivity index (χ4v) is 3.30. The molecule has 0 unspecified atom stereocenters. The summed E-state index contributed by atoms with van der Waals surface area (Å²) >= 11 is 0. The smallest absolute Gasteiger partial charge is 0.373 e. The minimum absolute atomic E-state index is 0. The van der Waals surface area contributed by atoms with Crippen LogP contribution in [0.5, 0.6) is 0 Å². The van der Waals surface area contributed by atoms with Gasteiger partial charge in [0.25, 0.3) is 0 Å². The number of nitrogens with two attached hydrogens (primary N) is 1. The maximum Gasteiger partial charge on any atom is 0.373 e. The van der Waals surface area contributed by atoms with E-state index in [0.717, 1.165) is 18.8 Å². The maximum absolute atomic E-state index is 11.5. The quantitative estimate of drug-likeness (QED) is 0.839. The van der Waals surface area contributed by atoms with Crippen molar-refractivity contribution in [3.63, 3.8) is 0 Å². The third kappa shape index (κ3) is 3.98. The van der Waals surface area contributed by atoms with Crippen molar-refractivity contribution in [1.29, 1.82) is 0 Å². The average Bonchev–Trinajstić information content (AvgIpc) is 3.22. The Hall–Kier alpha value is -1.82. The van der Waals surface area contributed by atoms with Crippen molar-refractivity contribution < 1.29 is 13.9 Å². The SMILES string of the molecule is COC(=O)c1ccc(CN2C[C@@H](CN)[C@H](c3ccccc3)C2)o1.Cl. The molecule has 2 heterocycles. The number of rotatable bonds is 5. The number of likely N-dealkylation sites (tertiary alicyclic amines) is 1. The Bertz CT molecular complexity index is 659. The molecule has 1 aliphatic rings. The molecule has 0 bridgehead atoms. The van der Waals surface area contributed by atoms with E-state index in [0.29, 0.717) is 24.9 Å². The second-order valence-electron chi connectivity index (χ2n) is 5.96. The van der Waals surface area contributed by atoms with E-state index in [1.165, 1.54) is 12.7 Å². The van der Waals surface area contributed by atoms with Gasteiger partial charge in [0.2, 0.25) is 5.76 Å². The summed E-state index contributed by atoms with van der Waals surface area (Å²) in [4.78, 5) is 13.8. The van der Waals surface area contributed by atoms with Crippen LogP contribution in [0.1, 0.15) is 27.8 Å². The van der Waals surface area contributed by atoms with Crippen molar-refractivity contribution in [1.82, 2.24) is 4.90 Å². The van der Waals surface area contributed by atoms with Crippen LogP contribution in [0.2, 0.25) is 0 Å².